The Bertz CT molecular complexity index is 701. The van der Waals surface area contributed by atoms with Crippen LogP contribution in [-0.4, -0.2) is 35.0 Å². The average Bonchev–Trinajstić information content (AvgIpc) is 2.69. The number of rotatable bonds is 11. The molecule has 0 aliphatic carbocycles. The lowest BCUT2D eigenvalue weighted by Gasteiger charge is -2.35. The van der Waals surface area contributed by atoms with Gasteiger partial charge < -0.3 is 14.2 Å². The van der Waals surface area contributed by atoms with E-state index < -0.39 is 34.0 Å². The molecule has 0 unspecified atom stereocenters. The van der Waals surface area contributed by atoms with E-state index in [1.165, 1.54) is 0 Å². The second kappa shape index (κ2) is 12.3. The molecule has 0 bridgehead atoms. The van der Waals surface area contributed by atoms with Crippen molar-refractivity contribution in [3.05, 3.63) is 35.9 Å². The molecule has 0 spiro atoms. The fraction of sp³-hybridized carbons (Fsp3) is 0.652. The molecule has 1 rings (SSSR count). The minimum atomic E-state index is -1.75. The summed E-state index contributed by atoms with van der Waals surface area (Å²) in [5, 5.41) is 0. The molecule has 0 amide bonds. The Kier molecular flexibility index (Phi) is 11.1. The van der Waals surface area contributed by atoms with Gasteiger partial charge in [-0.3, -0.25) is 4.79 Å². The zero-order valence-electron chi connectivity index (χ0n) is 19.0. The second-order valence-corrected chi connectivity index (χ2v) is 11.3. The fourth-order valence-corrected chi connectivity index (χ4v) is 3.21. The van der Waals surface area contributed by atoms with E-state index >= 15 is 0 Å². The van der Waals surface area contributed by atoms with E-state index in [0.717, 1.165) is 5.56 Å². The molecular formula is C23H33Cl3O5. The zero-order chi connectivity index (χ0) is 23.8. The van der Waals surface area contributed by atoms with E-state index in [2.05, 4.69) is 0 Å². The van der Waals surface area contributed by atoms with E-state index in [9.17, 15) is 9.59 Å². The number of ketones is 1. The molecule has 0 N–H and O–H groups in total. The first kappa shape index (κ1) is 28.0. The number of ether oxygens (including phenoxy) is 3. The molecular weight excluding hydrogens is 463 g/mol. The first-order valence-corrected chi connectivity index (χ1v) is 11.4. The SMILES string of the molecule is CC(C)C(C)(C)C(=O)[C@H](C)[C@@H](OC(=O)OCC(Cl)(Cl)Cl)[C@@H](C)COCc1ccccc1. The normalized spacial score (nSPS) is 15.3. The Hall–Kier alpha value is -1.01. The zero-order valence-corrected chi connectivity index (χ0v) is 21.3. The average molecular weight is 496 g/mol. The maximum absolute atomic E-state index is 13.2. The van der Waals surface area contributed by atoms with Crippen LogP contribution in [0.1, 0.15) is 47.1 Å². The van der Waals surface area contributed by atoms with E-state index in [4.69, 9.17) is 49.0 Å². The summed E-state index contributed by atoms with van der Waals surface area (Å²) in [6.07, 6.45) is -1.75. The molecule has 0 aliphatic heterocycles. The van der Waals surface area contributed by atoms with Crippen LogP contribution in [0.2, 0.25) is 0 Å². The van der Waals surface area contributed by atoms with Gasteiger partial charge in [-0.15, -0.1) is 0 Å². The van der Waals surface area contributed by atoms with Crippen molar-refractivity contribution in [2.24, 2.45) is 23.2 Å². The van der Waals surface area contributed by atoms with Crippen LogP contribution in [0.25, 0.3) is 0 Å². The van der Waals surface area contributed by atoms with E-state index in [-0.39, 0.29) is 24.2 Å². The summed E-state index contributed by atoms with van der Waals surface area (Å²) in [4.78, 5) is 25.4. The summed E-state index contributed by atoms with van der Waals surface area (Å²) in [7, 11) is 0. The summed E-state index contributed by atoms with van der Waals surface area (Å²) in [6, 6.07) is 9.73. The third kappa shape index (κ3) is 9.56. The Morgan fingerprint density at radius 3 is 2.10 bits per heavy atom. The molecule has 0 fully saturated rings. The summed E-state index contributed by atoms with van der Waals surface area (Å²) in [5.74, 6) is -0.736. The van der Waals surface area contributed by atoms with Gasteiger partial charge in [0.25, 0.3) is 0 Å². The van der Waals surface area contributed by atoms with Crippen molar-refractivity contribution in [1.29, 1.82) is 0 Å². The summed E-state index contributed by atoms with van der Waals surface area (Å²) in [5.41, 5.74) is 0.437. The summed E-state index contributed by atoms with van der Waals surface area (Å²) < 4.78 is 14.5. The highest BCUT2D eigenvalue weighted by atomic mass is 35.6. The van der Waals surface area contributed by atoms with Crippen LogP contribution in [-0.2, 0) is 25.6 Å². The number of halogens is 3. The maximum Gasteiger partial charge on any atom is 0.508 e. The first-order valence-electron chi connectivity index (χ1n) is 10.3. The first-order chi connectivity index (χ1) is 14.3. The van der Waals surface area contributed by atoms with Gasteiger partial charge in [0.1, 0.15) is 18.5 Å². The lowest BCUT2D eigenvalue weighted by molar-refractivity contribution is -0.139. The van der Waals surface area contributed by atoms with Crippen LogP contribution in [0, 0.1) is 23.2 Å². The number of Topliss-reactive ketones (excluding diaryl/α,β-unsaturated/α-hetero) is 1. The Balaban J connectivity index is 2.89. The monoisotopic (exact) mass is 494 g/mol. The highest BCUT2D eigenvalue weighted by Gasteiger charge is 2.41. The van der Waals surface area contributed by atoms with Crippen molar-refractivity contribution in [3.8, 4) is 0 Å². The van der Waals surface area contributed by atoms with Crippen molar-refractivity contribution >= 4 is 46.7 Å². The van der Waals surface area contributed by atoms with Crippen LogP contribution < -0.4 is 0 Å². The number of alkyl halides is 3. The van der Waals surface area contributed by atoms with Gasteiger partial charge in [0.15, 0.2) is 0 Å². The van der Waals surface area contributed by atoms with Crippen LogP contribution in [0.15, 0.2) is 30.3 Å². The maximum atomic E-state index is 13.2. The number of carbonyl (C=O) groups is 2. The number of benzene rings is 1. The Labute approximate surface area is 200 Å². The van der Waals surface area contributed by atoms with E-state index in [1.54, 1.807) is 6.92 Å². The highest BCUT2D eigenvalue weighted by Crippen LogP contribution is 2.34. The van der Waals surface area contributed by atoms with Crippen molar-refractivity contribution < 1.29 is 23.8 Å². The molecule has 31 heavy (non-hydrogen) atoms. The van der Waals surface area contributed by atoms with Gasteiger partial charge in [0.05, 0.1) is 19.1 Å². The largest absolute Gasteiger partial charge is 0.508 e. The third-order valence-corrected chi connectivity index (χ3v) is 5.95. The van der Waals surface area contributed by atoms with Gasteiger partial charge >= 0.3 is 6.16 Å². The predicted octanol–water partition coefficient (Wildman–Crippen LogP) is 6.62. The van der Waals surface area contributed by atoms with Crippen molar-refractivity contribution in [2.75, 3.05) is 13.2 Å². The molecule has 3 atom stereocenters. The van der Waals surface area contributed by atoms with Crippen LogP contribution >= 0.6 is 34.8 Å². The topological polar surface area (TPSA) is 61.8 Å². The summed E-state index contributed by atoms with van der Waals surface area (Å²) in [6.45, 7) is 11.6. The molecule has 1 aromatic rings. The highest BCUT2D eigenvalue weighted by molar-refractivity contribution is 6.67. The van der Waals surface area contributed by atoms with E-state index in [1.807, 2.05) is 65.0 Å². The standard InChI is InChI=1S/C23H33Cl3O5/c1-15(2)22(5,6)20(27)17(4)19(31-21(28)30-14-23(24,25)26)16(3)12-29-13-18-10-8-7-9-11-18/h7-11,15-17,19H,12-14H2,1-6H3/t16-,17+,19-/m0/s1. The molecule has 0 heterocycles. The fourth-order valence-electron chi connectivity index (χ4n) is 3.05. The Morgan fingerprint density at radius 1 is 1.00 bits per heavy atom. The smallest absolute Gasteiger partial charge is 0.430 e. The van der Waals surface area contributed by atoms with Crippen molar-refractivity contribution in [3.63, 3.8) is 0 Å². The lowest BCUT2D eigenvalue weighted by Crippen LogP contribution is -2.44. The second-order valence-electron chi connectivity index (χ2n) is 8.74. The quantitative estimate of drug-likeness (QED) is 0.255. The minimum Gasteiger partial charge on any atom is -0.430 e. The summed E-state index contributed by atoms with van der Waals surface area (Å²) >= 11 is 16.9. The molecule has 8 heteroatoms. The van der Waals surface area contributed by atoms with Gasteiger partial charge in [0, 0.05) is 11.3 Å². The number of carbonyl (C=O) groups excluding carboxylic acids is 2. The molecule has 0 aliphatic rings. The third-order valence-electron chi connectivity index (χ3n) is 5.62. The van der Waals surface area contributed by atoms with Crippen molar-refractivity contribution in [1.82, 2.24) is 0 Å². The van der Waals surface area contributed by atoms with Gasteiger partial charge in [0.2, 0.25) is 3.79 Å². The number of hydrogen-bond donors (Lipinski definition) is 0. The van der Waals surface area contributed by atoms with Crippen LogP contribution in [0.3, 0.4) is 0 Å². The predicted molar refractivity (Wildman–Crippen MR) is 125 cm³/mol. The van der Waals surface area contributed by atoms with Crippen molar-refractivity contribution in [2.45, 2.75) is 58.0 Å². The van der Waals surface area contributed by atoms with Crippen LogP contribution in [0.4, 0.5) is 4.79 Å². The van der Waals surface area contributed by atoms with E-state index in [0.29, 0.717) is 6.61 Å². The molecule has 5 nitrogen and oxygen atoms in total. The molecule has 176 valence electrons. The van der Waals surface area contributed by atoms with Crippen LogP contribution in [0.5, 0.6) is 0 Å². The van der Waals surface area contributed by atoms with Gasteiger partial charge in [-0.05, 0) is 11.5 Å². The molecule has 0 saturated heterocycles. The minimum absolute atomic E-state index is 0.00316. The molecule has 1 aromatic carbocycles. The van der Waals surface area contributed by atoms with Gasteiger partial charge in [-0.2, -0.15) is 0 Å². The lowest BCUT2D eigenvalue weighted by atomic mass is 9.71. The molecule has 0 aromatic heterocycles. The Morgan fingerprint density at radius 2 is 1.58 bits per heavy atom. The molecule has 0 saturated carbocycles. The van der Waals surface area contributed by atoms with Gasteiger partial charge in [-0.1, -0.05) is 107 Å². The van der Waals surface area contributed by atoms with Gasteiger partial charge in [-0.25, -0.2) is 4.79 Å². The number of hydrogen-bond acceptors (Lipinski definition) is 5. The molecule has 0 radical (unpaired) electrons.